The highest BCUT2D eigenvalue weighted by atomic mass is 19.2. The van der Waals surface area contributed by atoms with Crippen LogP contribution in [-0.2, 0) is 6.54 Å². The maximum absolute atomic E-state index is 13.4. The van der Waals surface area contributed by atoms with E-state index >= 15 is 0 Å². The van der Waals surface area contributed by atoms with Crippen LogP contribution < -0.4 is 5.73 Å². The molecule has 0 atom stereocenters. The van der Waals surface area contributed by atoms with E-state index in [4.69, 9.17) is 5.73 Å². The van der Waals surface area contributed by atoms with Gasteiger partial charge in [0, 0.05) is 18.7 Å². The number of nitrogens with two attached hydrogens (primary N) is 1. The Morgan fingerprint density at radius 2 is 2.00 bits per heavy atom. The normalized spacial score (nSPS) is 10.8. The molecule has 0 fully saturated rings. The van der Waals surface area contributed by atoms with Crippen LogP contribution >= 0.6 is 0 Å². The van der Waals surface area contributed by atoms with E-state index in [0.717, 1.165) is 10.7 Å². The Labute approximate surface area is 88.5 Å². The first-order chi connectivity index (χ1) is 7.63. The molecule has 7 heteroatoms. The summed E-state index contributed by atoms with van der Waals surface area (Å²) in [6, 6.07) is 1.28. The van der Waals surface area contributed by atoms with E-state index in [1.54, 1.807) is 0 Å². The third-order valence-corrected chi connectivity index (χ3v) is 2.03. The van der Waals surface area contributed by atoms with Crippen LogP contribution in [0.5, 0.6) is 0 Å². The molecule has 2 rings (SSSR count). The third kappa shape index (κ3) is 1.65. The minimum Gasteiger partial charge on any atom is -0.325 e. The Morgan fingerprint density at radius 1 is 1.25 bits per heavy atom. The maximum atomic E-state index is 13.4. The van der Waals surface area contributed by atoms with Crippen LogP contribution in [0.4, 0.5) is 13.2 Å². The molecule has 1 aromatic heterocycles. The van der Waals surface area contributed by atoms with Crippen molar-refractivity contribution >= 4 is 0 Å². The van der Waals surface area contributed by atoms with Gasteiger partial charge in [-0.15, -0.1) is 5.10 Å². The zero-order chi connectivity index (χ0) is 11.7. The zero-order valence-electron chi connectivity index (χ0n) is 7.99. The highest BCUT2D eigenvalue weighted by molar-refractivity contribution is 5.35. The predicted molar refractivity (Wildman–Crippen MR) is 49.1 cm³/mol. The van der Waals surface area contributed by atoms with E-state index in [1.165, 1.54) is 6.20 Å². The Hall–Kier alpha value is -1.89. The average molecular weight is 228 g/mol. The molecule has 0 saturated carbocycles. The van der Waals surface area contributed by atoms with Crippen molar-refractivity contribution in [3.05, 3.63) is 41.5 Å². The lowest BCUT2D eigenvalue weighted by Gasteiger charge is -2.06. The quantitative estimate of drug-likeness (QED) is 0.784. The highest BCUT2D eigenvalue weighted by Gasteiger charge is 2.15. The first-order valence-electron chi connectivity index (χ1n) is 4.38. The highest BCUT2D eigenvalue weighted by Crippen LogP contribution is 2.18. The van der Waals surface area contributed by atoms with Gasteiger partial charge < -0.3 is 5.73 Å². The number of aromatic nitrogens is 3. The van der Waals surface area contributed by atoms with Gasteiger partial charge in [-0.3, -0.25) is 0 Å². The van der Waals surface area contributed by atoms with Crippen molar-refractivity contribution in [3.8, 4) is 5.69 Å². The molecule has 0 spiro atoms. The second-order valence-electron chi connectivity index (χ2n) is 3.06. The summed E-state index contributed by atoms with van der Waals surface area (Å²) >= 11 is 0. The molecular weight excluding hydrogens is 221 g/mol. The molecule has 84 valence electrons. The predicted octanol–water partition coefficient (Wildman–Crippen LogP) is 1.14. The Kier molecular flexibility index (Phi) is 2.61. The van der Waals surface area contributed by atoms with Crippen LogP contribution in [0.3, 0.4) is 0 Å². The summed E-state index contributed by atoms with van der Waals surface area (Å²) in [5.41, 5.74) is 5.35. The summed E-state index contributed by atoms with van der Waals surface area (Å²) in [6.45, 7) is 0.0323. The molecule has 2 aromatic rings. The van der Waals surface area contributed by atoms with Crippen LogP contribution in [0.2, 0.25) is 0 Å². The van der Waals surface area contributed by atoms with Crippen LogP contribution in [-0.4, -0.2) is 15.0 Å². The van der Waals surface area contributed by atoms with Gasteiger partial charge >= 0.3 is 0 Å². The lowest BCUT2D eigenvalue weighted by molar-refractivity contribution is 0.485. The molecule has 4 nitrogen and oxygen atoms in total. The summed E-state index contributed by atoms with van der Waals surface area (Å²) in [6.07, 6.45) is 1.29. The number of halogens is 3. The van der Waals surface area contributed by atoms with E-state index in [-0.39, 0.29) is 12.2 Å². The SMILES string of the molecule is NCc1cnnn1-c1cc(F)cc(F)c1F. The van der Waals surface area contributed by atoms with Crippen LogP contribution in [0.1, 0.15) is 5.69 Å². The van der Waals surface area contributed by atoms with Gasteiger partial charge in [-0.05, 0) is 0 Å². The van der Waals surface area contributed by atoms with Crippen LogP contribution in [0.15, 0.2) is 18.3 Å². The molecule has 0 unspecified atom stereocenters. The van der Waals surface area contributed by atoms with Crippen molar-refractivity contribution in [1.29, 1.82) is 0 Å². The molecule has 0 radical (unpaired) electrons. The summed E-state index contributed by atoms with van der Waals surface area (Å²) < 4.78 is 40.2. The number of hydrogen-bond acceptors (Lipinski definition) is 3. The zero-order valence-corrected chi connectivity index (χ0v) is 7.99. The van der Waals surface area contributed by atoms with Crippen molar-refractivity contribution in [2.45, 2.75) is 6.54 Å². The van der Waals surface area contributed by atoms with Gasteiger partial charge in [0.1, 0.15) is 11.5 Å². The maximum Gasteiger partial charge on any atom is 0.184 e. The first-order valence-corrected chi connectivity index (χ1v) is 4.38. The van der Waals surface area contributed by atoms with Gasteiger partial charge in [0.25, 0.3) is 0 Å². The monoisotopic (exact) mass is 228 g/mol. The second kappa shape index (κ2) is 3.93. The smallest absolute Gasteiger partial charge is 0.184 e. The van der Waals surface area contributed by atoms with Crippen molar-refractivity contribution in [2.24, 2.45) is 5.73 Å². The molecule has 1 aromatic carbocycles. The van der Waals surface area contributed by atoms with E-state index in [2.05, 4.69) is 10.3 Å². The minimum absolute atomic E-state index is 0.0323. The van der Waals surface area contributed by atoms with E-state index in [1.807, 2.05) is 0 Å². The van der Waals surface area contributed by atoms with E-state index in [9.17, 15) is 13.2 Å². The number of nitrogens with zero attached hydrogens (tertiary/aromatic N) is 3. The summed E-state index contributed by atoms with van der Waals surface area (Å²) in [5.74, 6) is -3.37. The van der Waals surface area contributed by atoms with Crippen LogP contribution in [0, 0.1) is 17.5 Å². The van der Waals surface area contributed by atoms with Gasteiger partial charge in [-0.1, -0.05) is 5.21 Å². The molecule has 0 saturated heterocycles. The molecule has 2 N–H and O–H groups in total. The van der Waals surface area contributed by atoms with Gasteiger partial charge in [0.2, 0.25) is 0 Å². The standard InChI is InChI=1S/C9H7F3N4/c10-5-1-7(11)9(12)8(2-5)16-6(3-13)4-14-15-16/h1-2,4H,3,13H2. The fourth-order valence-electron chi connectivity index (χ4n) is 1.29. The van der Waals surface area contributed by atoms with Crippen molar-refractivity contribution in [1.82, 2.24) is 15.0 Å². The lowest BCUT2D eigenvalue weighted by atomic mass is 10.2. The third-order valence-electron chi connectivity index (χ3n) is 2.03. The first kappa shape index (κ1) is 10.6. The molecule has 0 bridgehead atoms. The Balaban J connectivity index is 2.64. The Morgan fingerprint density at radius 3 is 2.69 bits per heavy atom. The van der Waals surface area contributed by atoms with Crippen molar-refractivity contribution in [2.75, 3.05) is 0 Å². The molecule has 0 aliphatic carbocycles. The van der Waals surface area contributed by atoms with Gasteiger partial charge in [-0.2, -0.15) is 0 Å². The Bertz CT molecular complexity index is 523. The summed E-state index contributed by atoms with van der Waals surface area (Å²) in [5, 5.41) is 7.00. The molecule has 16 heavy (non-hydrogen) atoms. The van der Waals surface area contributed by atoms with Gasteiger partial charge in [0.05, 0.1) is 11.9 Å². The molecule has 1 heterocycles. The average Bonchev–Trinajstić information content (AvgIpc) is 2.71. The van der Waals surface area contributed by atoms with Gasteiger partial charge in [0.15, 0.2) is 11.6 Å². The number of benzene rings is 1. The summed E-state index contributed by atoms with van der Waals surface area (Å²) in [7, 11) is 0. The van der Waals surface area contributed by atoms with Crippen LogP contribution in [0.25, 0.3) is 5.69 Å². The second-order valence-corrected chi connectivity index (χ2v) is 3.06. The van der Waals surface area contributed by atoms with Gasteiger partial charge in [-0.25, -0.2) is 17.9 Å². The fraction of sp³-hybridized carbons (Fsp3) is 0.111. The number of hydrogen-bond donors (Lipinski definition) is 1. The van der Waals surface area contributed by atoms with E-state index in [0.29, 0.717) is 11.8 Å². The molecule has 0 amide bonds. The lowest BCUT2D eigenvalue weighted by Crippen LogP contribution is -2.09. The molecule has 0 aliphatic rings. The fourth-order valence-corrected chi connectivity index (χ4v) is 1.29. The largest absolute Gasteiger partial charge is 0.325 e. The number of rotatable bonds is 2. The minimum atomic E-state index is -1.28. The summed E-state index contributed by atoms with van der Waals surface area (Å²) in [4.78, 5) is 0. The van der Waals surface area contributed by atoms with Crippen molar-refractivity contribution in [3.63, 3.8) is 0 Å². The molecular formula is C9H7F3N4. The topological polar surface area (TPSA) is 56.7 Å². The van der Waals surface area contributed by atoms with Crippen molar-refractivity contribution < 1.29 is 13.2 Å². The van der Waals surface area contributed by atoms with E-state index < -0.39 is 17.5 Å². The molecule has 0 aliphatic heterocycles.